The molecule has 0 atom stereocenters. The van der Waals surface area contributed by atoms with Crippen LogP contribution in [0.25, 0.3) is 33.4 Å². The Hall–Kier alpha value is -4.19. The summed E-state index contributed by atoms with van der Waals surface area (Å²) in [6.45, 7) is 0. The minimum absolute atomic E-state index is 0.320. The fraction of sp³-hybridized carbons (Fsp3) is 0. The van der Waals surface area contributed by atoms with Crippen LogP contribution in [0.1, 0.15) is 0 Å². The van der Waals surface area contributed by atoms with Crippen LogP contribution in [0.4, 0.5) is 15.9 Å². The Morgan fingerprint density at radius 1 is 0.700 bits per heavy atom. The summed E-state index contributed by atoms with van der Waals surface area (Å²) in [4.78, 5) is 17.4. The van der Waals surface area contributed by atoms with Gasteiger partial charge in [0.05, 0.1) is 5.52 Å². The van der Waals surface area contributed by atoms with Gasteiger partial charge in [0.15, 0.2) is 5.82 Å². The molecule has 0 aliphatic carbocycles. The van der Waals surface area contributed by atoms with Crippen molar-refractivity contribution >= 4 is 22.4 Å². The zero-order chi connectivity index (χ0) is 20.3. The van der Waals surface area contributed by atoms with Gasteiger partial charge in [0, 0.05) is 47.0 Å². The quantitative estimate of drug-likeness (QED) is 0.428. The van der Waals surface area contributed by atoms with Gasteiger partial charge in [-0.3, -0.25) is 9.97 Å². The Balaban J connectivity index is 1.56. The van der Waals surface area contributed by atoms with Crippen molar-refractivity contribution < 1.29 is 4.39 Å². The number of hydrogen-bond donors (Lipinski definition) is 1. The predicted octanol–water partition coefficient (Wildman–Crippen LogP) is 5.64. The number of para-hydroxylation sites is 1. The number of nitrogens with zero attached hydrogens (tertiary/aromatic N) is 4. The number of aromatic nitrogens is 4. The van der Waals surface area contributed by atoms with Crippen LogP contribution in [0.15, 0.2) is 91.5 Å². The smallest absolute Gasteiger partial charge is 0.162 e. The summed E-state index contributed by atoms with van der Waals surface area (Å²) in [5.41, 5.74) is 3.57. The molecule has 6 heteroatoms. The molecule has 0 spiro atoms. The molecule has 0 saturated carbocycles. The lowest BCUT2D eigenvalue weighted by atomic mass is 10.1. The third-order valence-corrected chi connectivity index (χ3v) is 4.76. The molecule has 3 aromatic heterocycles. The van der Waals surface area contributed by atoms with Crippen LogP contribution in [-0.2, 0) is 0 Å². The Labute approximate surface area is 172 Å². The van der Waals surface area contributed by atoms with E-state index >= 15 is 0 Å². The van der Waals surface area contributed by atoms with Crippen LogP contribution in [0, 0.1) is 5.82 Å². The Morgan fingerprint density at radius 3 is 2.13 bits per heavy atom. The van der Waals surface area contributed by atoms with E-state index in [1.54, 1.807) is 43.0 Å². The van der Waals surface area contributed by atoms with E-state index < -0.39 is 0 Å². The van der Waals surface area contributed by atoms with E-state index in [2.05, 4.69) is 20.3 Å². The molecule has 1 N–H and O–H groups in total. The summed E-state index contributed by atoms with van der Waals surface area (Å²) in [6, 6.07) is 20.1. The van der Waals surface area contributed by atoms with Gasteiger partial charge >= 0.3 is 0 Å². The SMILES string of the molecule is Fc1cc(Nc2nc(-c3ccncc3)nc3ccccc23)ccc1-c1ccncc1. The Kier molecular flexibility index (Phi) is 4.57. The minimum Gasteiger partial charge on any atom is -0.340 e. The lowest BCUT2D eigenvalue weighted by molar-refractivity contribution is 0.632. The highest BCUT2D eigenvalue weighted by Gasteiger charge is 2.11. The molecule has 5 rings (SSSR count). The van der Waals surface area contributed by atoms with Gasteiger partial charge < -0.3 is 5.32 Å². The van der Waals surface area contributed by atoms with Gasteiger partial charge in [-0.25, -0.2) is 14.4 Å². The summed E-state index contributed by atoms with van der Waals surface area (Å²) in [6.07, 6.45) is 6.70. The topological polar surface area (TPSA) is 63.6 Å². The first-order valence-electron chi connectivity index (χ1n) is 9.42. The number of fused-ring (bicyclic) bond motifs is 1. The first-order chi connectivity index (χ1) is 14.8. The maximum Gasteiger partial charge on any atom is 0.162 e. The monoisotopic (exact) mass is 393 g/mol. The van der Waals surface area contributed by atoms with Gasteiger partial charge in [0.1, 0.15) is 11.6 Å². The van der Waals surface area contributed by atoms with Gasteiger partial charge in [-0.05, 0) is 60.2 Å². The first kappa shape index (κ1) is 17.9. The van der Waals surface area contributed by atoms with Crippen LogP contribution >= 0.6 is 0 Å². The molecule has 0 aliphatic heterocycles. The second-order valence-electron chi connectivity index (χ2n) is 6.70. The van der Waals surface area contributed by atoms with Crippen molar-refractivity contribution in [1.82, 2.24) is 19.9 Å². The van der Waals surface area contributed by atoms with Crippen molar-refractivity contribution in [3.8, 4) is 22.5 Å². The number of anilines is 2. The molecule has 0 amide bonds. The van der Waals surface area contributed by atoms with Crippen molar-refractivity contribution in [2.45, 2.75) is 0 Å². The lowest BCUT2D eigenvalue weighted by Gasteiger charge is -2.12. The zero-order valence-electron chi connectivity index (χ0n) is 15.8. The average molecular weight is 393 g/mol. The standard InChI is InChI=1S/C24H16FN5/c25-21-15-18(5-6-19(21)16-7-11-26-12-8-16)28-24-20-3-1-2-4-22(20)29-23(30-24)17-9-13-27-14-10-17/h1-15H,(H,28,29,30). The minimum atomic E-state index is -0.320. The molecule has 5 nitrogen and oxygen atoms in total. The highest BCUT2D eigenvalue weighted by molar-refractivity contribution is 5.92. The summed E-state index contributed by atoms with van der Waals surface area (Å²) < 4.78 is 14.8. The molecule has 5 aromatic rings. The van der Waals surface area contributed by atoms with E-state index in [9.17, 15) is 4.39 Å². The third kappa shape index (κ3) is 3.46. The number of benzene rings is 2. The van der Waals surface area contributed by atoms with Crippen molar-refractivity contribution in [3.63, 3.8) is 0 Å². The van der Waals surface area contributed by atoms with E-state index in [0.29, 0.717) is 22.9 Å². The maximum atomic E-state index is 14.8. The number of nitrogens with one attached hydrogen (secondary N) is 1. The zero-order valence-corrected chi connectivity index (χ0v) is 15.8. The van der Waals surface area contributed by atoms with E-state index in [1.807, 2.05) is 42.5 Å². The van der Waals surface area contributed by atoms with Gasteiger partial charge in [-0.2, -0.15) is 0 Å². The fourth-order valence-electron chi connectivity index (χ4n) is 3.30. The average Bonchev–Trinajstić information content (AvgIpc) is 2.80. The Bertz CT molecular complexity index is 1320. The Morgan fingerprint density at radius 2 is 1.40 bits per heavy atom. The number of hydrogen-bond acceptors (Lipinski definition) is 5. The van der Waals surface area contributed by atoms with E-state index in [1.165, 1.54) is 6.07 Å². The van der Waals surface area contributed by atoms with Crippen molar-refractivity contribution in [3.05, 3.63) is 97.3 Å². The van der Waals surface area contributed by atoms with Crippen LogP contribution in [0.5, 0.6) is 0 Å². The van der Waals surface area contributed by atoms with Crippen LogP contribution in [0.2, 0.25) is 0 Å². The largest absolute Gasteiger partial charge is 0.340 e. The van der Waals surface area contributed by atoms with Crippen LogP contribution in [0.3, 0.4) is 0 Å². The molecule has 0 bridgehead atoms. The predicted molar refractivity (Wildman–Crippen MR) is 116 cm³/mol. The van der Waals surface area contributed by atoms with E-state index in [-0.39, 0.29) is 5.82 Å². The van der Waals surface area contributed by atoms with Gasteiger partial charge in [-0.15, -0.1) is 0 Å². The highest BCUT2D eigenvalue weighted by atomic mass is 19.1. The molecule has 2 aromatic carbocycles. The molecule has 0 aliphatic rings. The van der Waals surface area contributed by atoms with Gasteiger partial charge in [0.25, 0.3) is 0 Å². The maximum absolute atomic E-state index is 14.8. The van der Waals surface area contributed by atoms with Gasteiger partial charge in [0.2, 0.25) is 0 Å². The molecular formula is C24H16FN5. The number of pyridine rings is 2. The summed E-state index contributed by atoms with van der Waals surface area (Å²) in [7, 11) is 0. The molecule has 0 unspecified atom stereocenters. The molecule has 0 radical (unpaired) electrons. The molecule has 0 saturated heterocycles. The normalized spacial score (nSPS) is 10.8. The second-order valence-corrected chi connectivity index (χ2v) is 6.70. The number of rotatable bonds is 4. The van der Waals surface area contributed by atoms with E-state index in [4.69, 9.17) is 4.98 Å². The van der Waals surface area contributed by atoms with E-state index in [0.717, 1.165) is 22.0 Å². The highest BCUT2D eigenvalue weighted by Crippen LogP contribution is 2.29. The van der Waals surface area contributed by atoms with Crippen molar-refractivity contribution in [2.24, 2.45) is 0 Å². The summed E-state index contributed by atoms with van der Waals surface area (Å²) >= 11 is 0. The molecule has 3 heterocycles. The van der Waals surface area contributed by atoms with Crippen LogP contribution in [-0.4, -0.2) is 19.9 Å². The molecule has 144 valence electrons. The van der Waals surface area contributed by atoms with Crippen molar-refractivity contribution in [2.75, 3.05) is 5.32 Å². The van der Waals surface area contributed by atoms with Crippen molar-refractivity contribution in [1.29, 1.82) is 0 Å². The lowest BCUT2D eigenvalue weighted by Crippen LogP contribution is -2.00. The number of halogens is 1. The van der Waals surface area contributed by atoms with Gasteiger partial charge in [-0.1, -0.05) is 12.1 Å². The first-order valence-corrected chi connectivity index (χ1v) is 9.42. The second kappa shape index (κ2) is 7.67. The van der Waals surface area contributed by atoms with Crippen LogP contribution < -0.4 is 5.32 Å². The molecule has 0 fully saturated rings. The summed E-state index contributed by atoms with van der Waals surface area (Å²) in [5.74, 6) is 0.870. The fourth-order valence-corrected chi connectivity index (χ4v) is 3.30. The summed E-state index contributed by atoms with van der Waals surface area (Å²) in [5, 5.41) is 4.11. The molecular weight excluding hydrogens is 377 g/mol. The third-order valence-electron chi connectivity index (χ3n) is 4.76. The molecule has 30 heavy (non-hydrogen) atoms.